The van der Waals surface area contributed by atoms with Crippen molar-refractivity contribution < 1.29 is 18.4 Å². The molecule has 1 unspecified atom stereocenters. The van der Waals surface area contributed by atoms with Crippen molar-refractivity contribution in [3.8, 4) is 0 Å². The Morgan fingerprint density at radius 1 is 1.12 bits per heavy atom. The van der Waals surface area contributed by atoms with Crippen LogP contribution in [0.15, 0.2) is 48.5 Å². The molecular formula is C18H16F2N2O2. The van der Waals surface area contributed by atoms with E-state index in [2.05, 4.69) is 5.32 Å². The van der Waals surface area contributed by atoms with Gasteiger partial charge < -0.3 is 10.2 Å². The Morgan fingerprint density at radius 2 is 1.83 bits per heavy atom. The Labute approximate surface area is 138 Å². The largest absolute Gasteiger partial charge is 0.352 e. The quantitative estimate of drug-likeness (QED) is 0.938. The van der Waals surface area contributed by atoms with Crippen LogP contribution in [-0.4, -0.2) is 29.8 Å². The van der Waals surface area contributed by atoms with Crippen molar-refractivity contribution >= 4 is 11.8 Å². The summed E-state index contributed by atoms with van der Waals surface area (Å²) in [6.07, 6.45) is -0.127. The van der Waals surface area contributed by atoms with Crippen LogP contribution in [0.3, 0.4) is 0 Å². The van der Waals surface area contributed by atoms with Gasteiger partial charge in [0.2, 0.25) is 11.8 Å². The molecule has 0 radical (unpaired) electrons. The maximum Gasteiger partial charge on any atom is 0.247 e. The van der Waals surface area contributed by atoms with Crippen LogP contribution in [0.25, 0.3) is 0 Å². The normalized spacial score (nSPS) is 17.5. The molecule has 3 rings (SSSR count). The van der Waals surface area contributed by atoms with Crippen molar-refractivity contribution in [2.75, 3.05) is 13.1 Å². The fourth-order valence-corrected chi connectivity index (χ4v) is 2.82. The molecule has 1 aliphatic rings. The molecular weight excluding hydrogens is 314 g/mol. The third kappa shape index (κ3) is 3.27. The molecule has 4 nitrogen and oxygen atoms in total. The first kappa shape index (κ1) is 16.1. The van der Waals surface area contributed by atoms with E-state index in [-0.39, 0.29) is 23.8 Å². The van der Waals surface area contributed by atoms with Gasteiger partial charge in [-0.25, -0.2) is 8.78 Å². The highest BCUT2D eigenvalue weighted by Crippen LogP contribution is 2.24. The predicted octanol–water partition coefficient (Wildman–Crippen LogP) is 2.21. The van der Waals surface area contributed by atoms with E-state index in [4.69, 9.17) is 0 Å². The highest BCUT2D eigenvalue weighted by molar-refractivity contribution is 5.90. The Hall–Kier alpha value is -2.76. The average molecular weight is 330 g/mol. The maximum absolute atomic E-state index is 13.8. The molecule has 2 aromatic rings. The number of hydrogen-bond acceptors (Lipinski definition) is 2. The van der Waals surface area contributed by atoms with E-state index in [0.29, 0.717) is 18.7 Å². The van der Waals surface area contributed by atoms with Crippen LogP contribution >= 0.6 is 0 Å². The number of nitrogens with zero attached hydrogens (tertiary/aromatic N) is 1. The minimum atomic E-state index is -0.835. The summed E-state index contributed by atoms with van der Waals surface area (Å²) in [5.74, 6) is -1.54. The molecule has 2 aromatic carbocycles. The van der Waals surface area contributed by atoms with E-state index in [9.17, 15) is 18.4 Å². The van der Waals surface area contributed by atoms with E-state index in [1.807, 2.05) is 0 Å². The zero-order valence-corrected chi connectivity index (χ0v) is 12.8. The van der Waals surface area contributed by atoms with Gasteiger partial charge in [-0.2, -0.15) is 0 Å². The third-order valence-electron chi connectivity index (χ3n) is 4.02. The number of amides is 2. The second-order valence-electron chi connectivity index (χ2n) is 5.60. The molecule has 0 bridgehead atoms. The first-order chi connectivity index (χ1) is 11.6. The van der Waals surface area contributed by atoms with Gasteiger partial charge in [0.15, 0.2) is 0 Å². The summed E-state index contributed by atoms with van der Waals surface area (Å²) < 4.78 is 26.9. The fourth-order valence-electron chi connectivity index (χ4n) is 2.82. The SMILES string of the molecule is O=C1NCCN(C(=O)Cc2ccccc2F)C1c1ccc(F)cc1. The van der Waals surface area contributed by atoms with Crippen LogP contribution < -0.4 is 5.32 Å². The van der Waals surface area contributed by atoms with Gasteiger partial charge in [0.05, 0.1) is 6.42 Å². The lowest BCUT2D eigenvalue weighted by Crippen LogP contribution is -2.52. The van der Waals surface area contributed by atoms with Gasteiger partial charge >= 0.3 is 0 Å². The van der Waals surface area contributed by atoms with Crippen molar-refractivity contribution in [1.29, 1.82) is 0 Å². The van der Waals surface area contributed by atoms with Gasteiger partial charge in [0.25, 0.3) is 0 Å². The number of piperazine rings is 1. The molecule has 1 heterocycles. The number of nitrogens with one attached hydrogen (secondary N) is 1. The number of halogens is 2. The van der Waals surface area contributed by atoms with E-state index >= 15 is 0 Å². The highest BCUT2D eigenvalue weighted by Gasteiger charge is 2.34. The molecule has 1 fully saturated rings. The Bertz CT molecular complexity index is 762. The van der Waals surface area contributed by atoms with Gasteiger partial charge in [-0.15, -0.1) is 0 Å². The second kappa shape index (κ2) is 6.78. The van der Waals surface area contributed by atoms with Gasteiger partial charge in [-0.3, -0.25) is 9.59 Å². The van der Waals surface area contributed by atoms with Crippen LogP contribution in [0.1, 0.15) is 17.2 Å². The topological polar surface area (TPSA) is 49.4 Å². The summed E-state index contributed by atoms with van der Waals surface area (Å²) in [6, 6.07) is 10.7. The molecule has 1 N–H and O–H groups in total. The van der Waals surface area contributed by atoms with E-state index in [1.165, 1.54) is 35.2 Å². The zero-order chi connectivity index (χ0) is 17.1. The van der Waals surface area contributed by atoms with Crippen molar-refractivity contribution in [2.24, 2.45) is 0 Å². The lowest BCUT2D eigenvalue weighted by molar-refractivity contribution is -0.143. The average Bonchev–Trinajstić information content (AvgIpc) is 2.58. The molecule has 0 aliphatic carbocycles. The van der Waals surface area contributed by atoms with E-state index < -0.39 is 17.7 Å². The number of benzene rings is 2. The molecule has 2 amide bonds. The minimum absolute atomic E-state index is 0.127. The highest BCUT2D eigenvalue weighted by atomic mass is 19.1. The van der Waals surface area contributed by atoms with E-state index in [1.54, 1.807) is 18.2 Å². The van der Waals surface area contributed by atoms with Gasteiger partial charge in [-0.05, 0) is 29.3 Å². The van der Waals surface area contributed by atoms with Crippen LogP contribution in [-0.2, 0) is 16.0 Å². The maximum atomic E-state index is 13.8. The lowest BCUT2D eigenvalue weighted by atomic mass is 10.0. The van der Waals surface area contributed by atoms with Crippen molar-refractivity contribution in [3.05, 3.63) is 71.3 Å². The Morgan fingerprint density at radius 3 is 2.54 bits per heavy atom. The van der Waals surface area contributed by atoms with Crippen LogP contribution in [0.2, 0.25) is 0 Å². The van der Waals surface area contributed by atoms with Gasteiger partial charge in [0, 0.05) is 13.1 Å². The number of hydrogen-bond donors (Lipinski definition) is 1. The van der Waals surface area contributed by atoms with Crippen molar-refractivity contribution in [1.82, 2.24) is 10.2 Å². The molecule has 124 valence electrons. The minimum Gasteiger partial charge on any atom is -0.352 e. The molecule has 1 atom stereocenters. The lowest BCUT2D eigenvalue weighted by Gasteiger charge is -2.35. The smallest absolute Gasteiger partial charge is 0.247 e. The standard InChI is InChI=1S/C18H16F2N2O2/c19-14-7-5-12(6-8-14)17-18(24)21-9-10-22(17)16(23)11-13-3-1-2-4-15(13)20/h1-8,17H,9-11H2,(H,21,24). The van der Waals surface area contributed by atoms with Gasteiger partial charge in [-0.1, -0.05) is 30.3 Å². The van der Waals surface area contributed by atoms with Crippen molar-refractivity contribution in [3.63, 3.8) is 0 Å². The molecule has 1 aliphatic heterocycles. The summed E-state index contributed by atoms with van der Waals surface area (Å²) in [5.41, 5.74) is 0.807. The number of carbonyl (C=O) groups excluding carboxylic acids is 2. The molecule has 6 heteroatoms. The van der Waals surface area contributed by atoms with E-state index in [0.717, 1.165) is 0 Å². The number of carbonyl (C=O) groups is 2. The summed E-state index contributed by atoms with van der Waals surface area (Å²) >= 11 is 0. The van der Waals surface area contributed by atoms with Gasteiger partial charge in [0.1, 0.15) is 17.7 Å². The van der Waals surface area contributed by atoms with Crippen LogP contribution in [0.5, 0.6) is 0 Å². The Balaban J connectivity index is 1.86. The second-order valence-corrected chi connectivity index (χ2v) is 5.60. The fraction of sp³-hybridized carbons (Fsp3) is 0.222. The first-order valence-corrected chi connectivity index (χ1v) is 7.62. The molecule has 0 spiro atoms. The predicted molar refractivity (Wildman–Crippen MR) is 84.0 cm³/mol. The molecule has 0 saturated carbocycles. The first-order valence-electron chi connectivity index (χ1n) is 7.62. The summed E-state index contributed by atoms with van der Waals surface area (Å²) in [5, 5.41) is 2.70. The molecule has 1 saturated heterocycles. The monoisotopic (exact) mass is 330 g/mol. The van der Waals surface area contributed by atoms with Crippen LogP contribution in [0.4, 0.5) is 8.78 Å². The van der Waals surface area contributed by atoms with Crippen molar-refractivity contribution in [2.45, 2.75) is 12.5 Å². The summed E-state index contributed by atoms with van der Waals surface area (Å²) in [7, 11) is 0. The zero-order valence-electron chi connectivity index (χ0n) is 12.8. The summed E-state index contributed by atoms with van der Waals surface area (Å²) in [4.78, 5) is 26.3. The third-order valence-corrected chi connectivity index (χ3v) is 4.02. The van der Waals surface area contributed by atoms with Crippen LogP contribution in [0, 0.1) is 11.6 Å². The number of rotatable bonds is 3. The molecule has 0 aromatic heterocycles. The Kier molecular flexibility index (Phi) is 4.55. The molecule has 24 heavy (non-hydrogen) atoms. The summed E-state index contributed by atoms with van der Waals surface area (Å²) in [6.45, 7) is 0.653.